The predicted molar refractivity (Wildman–Crippen MR) is 96.5 cm³/mol. The molecule has 2 aromatic carbocycles. The first-order valence-electron chi connectivity index (χ1n) is 7.36. The van der Waals surface area contributed by atoms with Crippen LogP contribution in [0.4, 0.5) is 0 Å². The molecule has 0 heterocycles. The number of hydrogen-bond acceptors (Lipinski definition) is 6. The van der Waals surface area contributed by atoms with Gasteiger partial charge in [-0.25, -0.2) is 0 Å². The van der Waals surface area contributed by atoms with E-state index in [9.17, 15) is 4.79 Å². The molecule has 0 aliphatic heterocycles. The maximum absolute atomic E-state index is 12.9. The van der Waals surface area contributed by atoms with E-state index in [-0.39, 0.29) is 24.4 Å². The Bertz CT molecular complexity index is 740. The molecule has 2 aromatic rings. The van der Waals surface area contributed by atoms with Crippen molar-refractivity contribution >= 4 is 19.4 Å². The fraction of sp³-hybridized carbons (Fsp3) is 0.278. The van der Waals surface area contributed by atoms with Crippen LogP contribution >= 0.6 is 8.58 Å². The monoisotopic (exact) mass is 370 g/mol. The van der Waals surface area contributed by atoms with E-state index in [4.69, 9.17) is 23.7 Å². The summed E-state index contributed by atoms with van der Waals surface area (Å²) in [7, 11) is 8.08. The Balaban J connectivity index is 0.00000338. The fourth-order valence-corrected chi connectivity index (χ4v) is 3.23. The van der Waals surface area contributed by atoms with Gasteiger partial charge >= 0.3 is 18.9 Å². The van der Waals surface area contributed by atoms with Crippen LogP contribution in [0.5, 0.6) is 28.7 Å². The van der Waals surface area contributed by atoms with Gasteiger partial charge in [0.2, 0.25) is 0 Å². The second-order valence-electron chi connectivity index (χ2n) is 4.86. The van der Waals surface area contributed by atoms with Gasteiger partial charge in [0.1, 0.15) is 23.0 Å². The molecule has 0 saturated carbocycles. The largest absolute Gasteiger partial charge is 1.00 e. The quantitative estimate of drug-likeness (QED) is 0.487. The summed E-state index contributed by atoms with van der Waals surface area (Å²) in [5.41, 5.74) is 0.171. The van der Waals surface area contributed by atoms with Crippen molar-refractivity contribution in [2.45, 2.75) is 0 Å². The number of hydrogen-bond donors (Lipinski definition) is 0. The third-order valence-electron chi connectivity index (χ3n) is 3.54. The van der Waals surface area contributed by atoms with E-state index in [0.717, 1.165) is 0 Å². The Morgan fingerprint density at radius 2 is 1.23 bits per heavy atom. The van der Waals surface area contributed by atoms with Crippen molar-refractivity contribution in [3.63, 3.8) is 0 Å². The van der Waals surface area contributed by atoms with Crippen molar-refractivity contribution in [2.24, 2.45) is 0 Å². The summed E-state index contributed by atoms with van der Waals surface area (Å²) >= 11 is 0. The van der Waals surface area contributed by atoms with Crippen LogP contribution in [0.25, 0.3) is 0 Å². The molecule has 0 amide bonds. The van der Waals surface area contributed by atoms with Crippen molar-refractivity contribution in [1.82, 2.24) is 0 Å². The van der Waals surface area contributed by atoms with Gasteiger partial charge in [-0.1, -0.05) is 6.07 Å². The molecule has 0 atom stereocenters. The third kappa shape index (κ3) is 4.85. The first-order chi connectivity index (χ1) is 12.1. The fourth-order valence-electron chi connectivity index (χ4n) is 2.26. The van der Waals surface area contributed by atoms with Crippen molar-refractivity contribution < 1.29 is 47.3 Å². The van der Waals surface area contributed by atoms with Crippen LogP contribution in [0.1, 0.15) is 10.4 Å². The Hall–Kier alpha value is -1.86. The van der Waals surface area contributed by atoms with Gasteiger partial charge in [-0.3, -0.25) is 0 Å². The van der Waals surface area contributed by atoms with E-state index in [1.165, 1.54) is 21.3 Å². The second kappa shape index (κ2) is 10.3. The van der Waals surface area contributed by atoms with E-state index >= 15 is 0 Å². The first-order valence-corrected chi connectivity index (χ1v) is 8.25. The summed E-state index contributed by atoms with van der Waals surface area (Å²) in [5, 5.41) is 0.716. The van der Waals surface area contributed by atoms with Crippen LogP contribution in [0.2, 0.25) is 0 Å². The molecule has 0 spiro atoms. The number of rotatable bonds is 8. The number of carbonyl (C=O) groups is 1. The molecule has 0 aliphatic rings. The molecule has 0 bridgehead atoms. The summed E-state index contributed by atoms with van der Waals surface area (Å²) in [4.78, 5) is 12.9. The van der Waals surface area contributed by atoms with E-state index in [1.54, 1.807) is 44.6 Å². The average Bonchev–Trinajstić information content (AvgIpc) is 2.66. The van der Waals surface area contributed by atoms with Crippen molar-refractivity contribution in [3.05, 3.63) is 35.9 Å². The van der Waals surface area contributed by atoms with Gasteiger partial charge in [-0.15, -0.1) is 0 Å². The molecular weight excluding hydrogens is 350 g/mol. The SMILES string of the molecule is COc1ccc([P-]C(=O)c2c(OC)cc(OC)cc2OC)c(OC)c1.[Li+]. The van der Waals surface area contributed by atoms with Crippen LogP contribution in [0.15, 0.2) is 30.3 Å². The molecule has 0 aliphatic carbocycles. The van der Waals surface area contributed by atoms with Gasteiger partial charge < -0.3 is 37.1 Å². The number of methoxy groups -OCH3 is 5. The standard InChI is InChI=1S/C18H20O6P.Li/c1-20-11-6-7-16(13(8-11)22-3)25-18(19)17-14(23-4)9-12(21-2)10-15(17)24-5;/h6-10H,1-5H3;/q-1;+1. The van der Waals surface area contributed by atoms with E-state index in [2.05, 4.69) is 0 Å². The molecule has 8 heteroatoms. The van der Waals surface area contributed by atoms with Gasteiger partial charge in [0.25, 0.3) is 0 Å². The normalized spacial score (nSPS) is 10.2. The Morgan fingerprint density at radius 1 is 0.731 bits per heavy atom. The van der Waals surface area contributed by atoms with Gasteiger partial charge in [-0.2, -0.15) is 5.30 Å². The topological polar surface area (TPSA) is 63.2 Å². The Labute approximate surface area is 167 Å². The van der Waals surface area contributed by atoms with Gasteiger partial charge in [-0.05, 0) is 6.07 Å². The molecule has 2 rings (SSSR count). The molecule has 0 unspecified atom stereocenters. The zero-order valence-corrected chi connectivity index (χ0v) is 16.7. The third-order valence-corrected chi connectivity index (χ3v) is 4.57. The first kappa shape index (κ1) is 22.2. The summed E-state index contributed by atoms with van der Waals surface area (Å²) < 4.78 is 26.4. The average molecular weight is 370 g/mol. The van der Waals surface area contributed by atoms with Crippen molar-refractivity contribution in [1.29, 1.82) is 0 Å². The van der Waals surface area contributed by atoms with Crippen LogP contribution in [0, 0.1) is 0 Å². The van der Waals surface area contributed by atoms with Crippen LogP contribution in [0.3, 0.4) is 0 Å². The summed E-state index contributed by atoms with van der Waals surface area (Å²) in [6, 6.07) is 8.60. The molecule has 26 heavy (non-hydrogen) atoms. The number of benzene rings is 2. The maximum atomic E-state index is 12.9. The smallest absolute Gasteiger partial charge is 0.499 e. The van der Waals surface area contributed by atoms with Crippen LogP contribution < -0.4 is 47.8 Å². The molecule has 0 radical (unpaired) electrons. The summed E-state index contributed by atoms with van der Waals surface area (Å²) in [6.45, 7) is 0. The molecule has 0 aromatic heterocycles. The summed E-state index contributed by atoms with van der Waals surface area (Å²) in [5.74, 6) is 2.55. The molecule has 0 fully saturated rings. The maximum Gasteiger partial charge on any atom is 1.00 e. The van der Waals surface area contributed by atoms with Crippen molar-refractivity contribution in [2.75, 3.05) is 35.5 Å². The Morgan fingerprint density at radius 3 is 1.69 bits per heavy atom. The van der Waals surface area contributed by atoms with E-state index in [0.29, 0.717) is 48.2 Å². The molecule has 134 valence electrons. The minimum Gasteiger partial charge on any atom is -0.499 e. The molecule has 0 saturated heterocycles. The van der Waals surface area contributed by atoms with Gasteiger partial charge in [0.05, 0.1) is 46.9 Å². The van der Waals surface area contributed by atoms with Gasteiger partial charge in [0, 0.05) is 23.7 Å². The van der Waals surface area contributed by atoms with E-state index < -0.39 is 0 Å². The predicted octanol–water partition coefficient (Wildman–Crippen LogP) is 0.145. The van der Waals surface area contributed by atoms with Crippen LogP contribution in [-0.4, -0.2) is 41.1 Å². The number of carbonyl (C=O) groups excluding carboxylic acids is 1. The zero-order valence-electron chi connectivity index (χ0n) is 15.8. The van der Waals surface area contributed by atoms with Crippen LogP contribution in [-0.2, 0) is 0 Å². The van der Waals surface area contributed by atoms with E-state index in [1.807, 2.05) is 0 Å². The van der Waals surface area contributed by atoms with Gasteiger partial charge in [0.15, 0.2) is 0 Å². The Kier molecular flexibility index (Phi) is 8.81. The molecule has 6 nitrogen and oxygen atoms in total. The minimum absolute atomic E-state index is 0. The zero-order chi connectivity index (χ0) is 18.4. The number of ether oxygens (including phenoxy) is 5. The molecule has 0 N–H and O–H groups in total. The molecular formula is C18H20LiO6P. The summed E-state index contributed by atoms with van der Waals surface area (Å²) in [6.07, 6.45) is 0. The second-order valence-corrected chi connectivity index (χ2v) is 5.97. The minimum atomic E-state index is -0.181. The van der Waals surface area contributed by atoms with Crippen molar-refractivity contribution in [3.8, 4) is 28.7 Å².